The molecule has 1 aliphatic carbocycles. The lowest BCUT2D eigenvalue weighted by molar-refractivity contribution is -0.146. The molecule has 1 spiro atoms. The minimum Gasteiger partial charge on any atom is -0.468 e. The van der Waals surface area contributed by atoms with Crippen LogP contribution in [0.4, 0.5) is 0 Å². The number of carbonyl (C=O) groups excluding carboxylic acids is 3. The van der Waals surface area contributed by atoms with E-state index in [0.29, 0.717) is 18.4 Å². The van der Waals surface area contributed by atoms with Gasteiger partial charge in [-0.05, 0) is 36.6 Å². The summed E-state index contributed by atoms with van der Waals surface area (Å²) in [5.74, 6) is -1.32. The third kappa shape index (κ3) is 1.78. The van der Waals surface area contributed by atoms with E-state index in [2.05, 4.69) is 20.7 Å². The normalized spacial score (nSPS) is 19.0. The molecule has 2 amide bonds. The fourth-order valence-corrected chi connectivity index (χ4v) is 3.02. The van der Waals surface area contributed by atoms with E-state index in [1.54, 1.807) is 12.1 Å². The van der Waals surface area contributed by atoms with Crippen molar-refractivity contribution in [2.24, 2.45) is 0 Å². The monoisotopic (exact) mass is 337 g/mol. The first-order chi connectivity index (χ1) is 9.49. The van der Waals surface area contributed by atoms with E-state index in [1.807, 2.05) is 6.07 Å². The predicted octanol–water partition coefficient (Wildman–Crippen LogP) is 1.64. The predicted molar refractivity (Wildman–Crippen MR) is 73.1 cm³/mol. The Morgan fingerprint density at radius 3 is 2.70 bits per heavy atom. The van der Waals surface area contributed by atoms with Gasteiger partial charge in [0.15, 0.2) is 0 Å². The highest BCUT2D eigenvalue weighted by Gasteiger charge is 2.58. The lowest BCUT2D eigenvalue weighted by Gasteiger charge is -2.32. The number of methoxy groups -OCH3 is 1. The first-order valence-electron chi connectivity index (χ1n) is 6.23. The third-order valence-electron chi connectivity index (χ3n) is 3.89. The largest absolute Gasteiger partial charge is 0.468 e. The van der Waals surface area contributed by atoms with Crippen molar-refractivity contribution in [3.63, 3.8) is 0 Å². The van der Waals surface area contributed by atoms with E-state index in [9.17, 15) is 14.4 Å². The number of hydrogen-bond donors (Lipinski definition) is 0. The highest BCUT2D eigenvalue weighted by atomic mass is 79.9. The zero-order valence-corrected chi connectivity index (χ0v) is 12.4. The molecule has 0 saturated heterocycles. The standard InChI is InChI=1S/C14H12BrNO4/c1-20-11(17)7-16-12(18)9-3-2-8(15)6-10(9)14(4-5-14)13(16)19/h2-3,6H,4-5,7H2,1H3. The summed E-state index contributed by atoms with van der Waals surface area (Å²) in [6.45, 7) is -0.328. The van der Waals surface area contributed by atoms with E-state index in [4.69, 9.17) is 0 Å². The van der Waals surface area contributed by atoms with Crippen LogP contribution in [0.5, 0.6) is 0 Å². The Morgan fingerprint density at radius 2 is 2.10 bits per heavy atom. The number of amides is 2. The van der Waals surface area contributed by atoms with Crippen molar-refractivity contribution >= 4 is 33.7 Å². The second-order valence-electron chi connectivity index (χ2n) is 5.04. The average molecular weight is 338 g/mol. The number of fused-ring (bicyclic) bond motifs is 2. The maximum absolute atomic E-state index is 12.5. The van der Waals surface area contributed by atoms with E-state index in [-0.39, 0.29) is 12.5 Å². The topological polar surface area (TPSA) is 63.7 Å². The molecular formula is C14H12BrNO4. The van der Waals surface area contributed by atoms with Gasteiger partial charge in [0.25, 0.3) is 5.91 Å². The second-order valence-corrected chi connectivity index (χ2v) is 5.96. The first kappa shape index (κ1) is 13.3. The summed E-state index contributed by atoms with van der Waals surface area (Å²) >= 11 is 3.37. The second kappa shape index (κ2) is 4.41. The van der Waals surface area contributed by atoms with Crippen molar-refractivity contribution in [2.75, 3.05) is 13.7 Å². The fraction of sp³-hybridized carbons (Fsp3) is 0.357. The summed E-state index contributed by atoms with van der Waals surface area (Å²) in [6, 6.07) is 5.28. The number of rotatable bonds is 2. The molecule has 20 heavy (non-hydrogen) atoms. The van der Waals surface area contributed by atoms with E-state index >= 15 is 0 Å². The Hall–Kier alpha value is -1.69. The molecule has 0 bridgehead atoms. The number of halogens is 1. The molecule has 0 radical (unpaired) electrons. The van der Waals surface area contributed by atoms with Crippen LogP contribution in [0.15, 0.2) is 22.7 Å². The van der Waals surface area contributed by atoms with Gasteiger partial charge in [0.2, 0.25) is 5.91 Å². The van der Waals surface area contributed by atoms with Crippen LogP contribution in [0.2, 0.25) is 0 Å². The molecule has 1 saturated carbocycles. The van der Waals surface area contributed by atoms with Crippen LogP contribution >= 0.6 is 15.9 Å². The lowest BCUT2D eigenvalue weighted by atomic mass is 9.86. The van der Waals surface area contributed by atoms with Crippen molar-refractivity contribution in [3.8, 4) is 0 Å². The zero-order chi connectivity index (χ0) is 14.5. The van der Waals surface area contributed by atoms with E-state index in [1.165, 1.54) is 7.11 Å². The number of benzene rings is 1. The Balaban J connectivity index is 2.07. The summed E-state index contributed by atoms with van der Waals surface area (Å²) in [7, 11) is 1.24. The first-order valence-corrected chi connectivity index (χ1v) is 7.02. The van der Waals surface area contributed by atoms with Crippen molar-refractivity contribution in [1.82, 2.24) is 4.90 Å². The number of nitrogens with zero attached hydrogens (tertiary/aromatic N) is 1. The molecule has 1 aliphatic heterocycles. The number of esters is 1. The molecule has 104 valence electrons. The summed E-state index contributed by atoms with van der Waals surface area (Å²) in [5, 5.41) is 0. The molecule has 0 atom stereocenters. The van der Waals surface area contributed by atoms with Crippen LogP contribution in [-0.4, -0.2) is 36.3 Å². The van der Waals surface area contributed by atoms with Crippen LogP contribution in [0.25, 0.3) is 0 Å². The smallest absolute Gasteiger partial charge is 0.325 e. The Bertz CT molecular complexity index is 636. The molecule has 0 aromatic heterocycles. The molecule has 3 rings (SSSR count). The summed E-state index contributed by atoms with van der Waals surface area (Å²) in [4.78, 5) is 37.3. The van der Waals surface area contributed by atoms with Crippen molar-refractivity contribution < 1.29 is 19.1 Å². The van der Waals surface area contributed by atoms with Gasteiger partial charge < -0.3 is 4.74 Å². The number of imide groups is 1. The average Bonchev–Trinajstić information content (AvgIpc) is 3.23. The number of carbonyl (C=O) groups is 3. The summed E-state index contributed by atoms with van der Waals surface area (Å²) in [6.07, 6.45) is 1.42. The molecule has 1 heterocycles. The van der Waals surface area contributed by atoms with Crippen LogP contribution in [-0.2, 0) is 19.7 Å². The van der Waals surface area contributed by atoms with E-state index < -0.39 is 17.3 Å². The Morgan fingerprint density at radius 1 is 1.40 bits per heavy atom. The van der Waals surface area contributed by atoms with Gasteiger partial charge in [-0.3, -0.25) is 19.3 Å². The van der Waals surface area contributed by atoms with Crippen LogP contribution in [0.1, 0.15) is 28.8 Å². The highest BCUT2D eigenvalue weighted by Crippen LogP contribution is 2.53. The fourth-order valence-electron chi connectivity index (χ4n) is 2.66. The molecule has 0 unspecified atom stereocenters. The SMILES string of the molecule is COC(=O)CN1C(=O)c2ccc(Br)cc2C2(CC2)C1=O. The molecule has 6 heteroatoms. The molecule has 0 N–H and O–H groups in total. The zero-order valence-electron chi connectivity index (χ0n) is 10.8. The minimum atomic E-state index is -0.624. The number of hydrogen-bond acceptors (Lipinski definition) is 4. The van der Waals surface area contributed by atoms with E-state index in [0.717, 1.165) is 14.9 Å². The molecular weight excluding hydrogens is 326 g/mol. The van der Waals surface area contributed by atoms with Crippen LogP contribution in [0.3, 0.4) is 0 Å². The summed E-state index contributed by atoms with van der Waals surface area (Å²) in [5.41, 5.74) is 0.637. The molecule has 1 aromatic rings. The molecule has 5 nitrogen and oxygen atoms in total. The van der Waals surface area contributed by atoms with Gasteiger partial charge in [-0.25, -0.2) is 0 Å². The highest BCUT2D eigenvalue weighted by molar-refractivity contribution is 9.10. The Labute approximate surface area is 124 Å². The quantitative estimate of drug-likeness (QED) is 0.607. The molecule has 2 aliphatic rings. The third-order valence-corrected chi connectivity index (χ3v) is 4.39. The van der Waals surface area contributed by atoms with Gasteiger partial charge >= 0.3 is 5.97 Å². The van der Waals surface area contributed by atoms with Gasteiger partial charge in [-0.15, -0.1) is 0 Å². The van der Waals surface area contributed by atoms with Gasteiger partial charge in [-0.2, -0.15) is 0 Å². The van der Waals surface area contributed by atoms with Gasteiger partial charge in [0, 0.05) is 10.0 Å². The van der Waals surface area contributed by atoms with Gasteiger partial charge in [0.1, 0.15) is 6.54 Å². The summed E-state index contributed by atoms with van der Waals surface area (Å²) < 4.78 is 5.39. The molecule has 1 fully saturated rings. The van der Waals surface area contributed by atoms with Crippen LogP contribution < -0.4 is 0 Å². The van der Waals surface area contributed by atoms with Crippen molar-refractivity contribution in [3.05, 3.63) is 33.8 Å². The number of ether oxygens (including phenoxy) is 1. The van der Waals surface area contributed by atoms with Gasteiger partial charge in [0.05, 0.1) is 12.5 Å². The lowest BCUT2D eigenvalue weighted by Crippen LogP contribution is -2.50. The minimum absolute atomic E-state index is 0.293. The maximum atomic E-state index is 12.5. The van der Waals surface area contributed by atoms with Crippen molar-refractivity contribution in [1.29, 1.82) is 0 Å². The Kier molecular flexibility index (Phi) is 2.93. The van der Waals surface area contributed by atoms with Gasteiger partial charge in [-0.1, -0.05) is 15.9 Å². The van der Waals surface area contributed by atoms with Crippen molar-refractivity contribution in [2.45, 2.75) is 18.3 Å². The molecule has 1 aromatic carbocycles. The maximum Gasteiger partial charge on any atom is 0.325 e. The van der Waals surface area contributed by atoms with Crippen LogP contribution in [0, 0.1) is 0 Å².